The Labute approximate surface area is 170 Å². The molecule has 12 heteroatoms. The predicted octanol–water partition coefficient (Wildman–Crippen LogP) is 0.784. The van der Waals surface area contributed by atoms with Crippen molar-refractivity contribution in [2.75, 3.05) is 7.11 Å². The zero-order valence-corrected chi connectivity index (χ0v) is 16.2. The third-order valence-electron chi connectivity index (χ3n) is 4.06. The Morgan fingerprint density at radius 3 is 2.47 bits per heavy atom. The van der Waals surface area contributed by atoms with E-state index in [-0.39, 0.29) is 24.6 Å². The Balaban J connectivity index is 2.23. The number of hydrogen-bond donors (Lipinski definition) is 5. The predicted molar refractivity (Wildman–Crippen MR) is 101 cm³/mol. The highest BCUT2D eigenvalue weighted by Crippen LogP contribution is 2.30. The van der Waals surface area contributed by atoms with E-state index in [1.165, 1.54) is 14.0 Å². The molecule has 0 aliphatic heterocycles. The minimum absolute atomic E-state index is 0.0729. The number of amides is 2. The summed E-state index contributed by atoms with van der Waals surface area (Å²) >= 11 is 0. The molecule has 3 atom stereocenters. The maximum Gasteiger partial charge on any atom is 0.328 e. The van der Waals surface area contributed by atoms with E-state index < -0.39 is 36.2 Å². The number of urea groups is 1. The number of aliphatic hydroxyl groups excluding tert-OH is 1. The highest BCUT2D eigenvalue weighted by atomic mass is 16.5. The number of carbonyl (C=O) groups excluding carboxylic acids is 1. The molecular weight excluding hydrogens is 400 g/mol. The molecule has 162 valence electrons. The van der Waals surface area contributed by atoms with Crippen LogP contribution in [0.2, 0.25) is 0 Å². The van der Waals surface area contributed by atoms with Gasteiger partial charge in [0.2, 0.25) is 5.89 Å². The van der Waals surface area contributed by atoms with Crippen molar-refractivity contribution in [2.24, 2.45) is 0 Å². The van der Waals surface area contributed by atoms with Crippen LogP contribution in [0.15, 0.2) is 28.7 Å². The Bertz CT molecular complexity index is 898. The molecule has 1 aromatic heterocycles. The van der Waals surface area contributed by atoms with Gasteiger partial charge >= 0.3 is 18.0 Å². The second-order valence-electron chi connectivity index (χ2n) is 6.31. The van der Waals surface area contributed by atoms with E-state index in [4.69, 9.17) is 19.4 Å². The first-order chi connectivity index (χ1) is 14.2. The summed E-state index contributed by atoms with van der Waals surface area (Å²) in [5, 5.41) is 39.8. The maximum atomic E-state index is 12.2. The van der Waals surface area contributed by atoms with E-state index >= 15 is 0 Å². The summed E-state index contributed by atoms with van der Waals surface area (Å²) in [6, 6.07) is 3.34. The molecule has 2 amide bonds. The highest BCUT2D eigenvalue weighted by Gasteiger charge is 2.28. The molecule has 0 fully saturated rings. The Morgan fingerprint density at radius 2 is 1.87 bits per heavy atom. The number of benzene rings is 1. The lowest BCUT2D eigenvalue weighted by molar-refractivity contribution is -0.141. The van der Waals surface area contributed by atoms with Gasteiger partial charge in [-0.05, 0) is 25.5 Å². The monoisotopic (exact) mass is 422 g/mol. The zero-order valence-electron chi connectivity index (χ0n) is 16.2. The topological polar surface area (TPSA) is 184 Å². The molecule has 0 saturated heterocycles. The molecule has 1 aromatic carbocycles. The third-order valence-corrected chi connectivity index (χ3v) is 4.06. The molecule has 5 N–H and O–H groups in total. The lowest BCUT2D eigenvalue weighted by Crippen LogP contribution is -2.51. The molecule has 0 radical (unpaired) electrons. The van der Waals surface area contributed by atoms with E-state index in [0.717, 1.165) is 0 Å². The molecule has 30 heavy (non-hydrogen) atoms. The average molecular weight is 422 g/mol. The van der Waals surface area contributed by atoms with Gasteiger partial charge in [0.25, 0.3) is 5.89 Å². The molecule has 1 unspecified atom stereocenters. The highest BCUT2D eigenvalue weighted by molar-refractivity contribution is 5.83. The summed E-state index contributed by atoms with van der Waals surface area (Å²) in [5.41, 5.74) is 0.500. The van der Waals surface area contributed by atoms with E-state index in [1.54, 1.807) is 24.3 Å². The van der Waals surface area contributed by atoms with Gasteiger partial charge in [0.05, 0.1) is 18.8 Å². The number of ether oxygens (including phenoxy) is 1. The van der Waals surface area contributed by atoms with Crippen molar-refractivity contribution < 1.29 is 38.9 Å². The fraction of sp³-hybridized carbons (Fsp3) is 0.389. The zero-order chi connectivity index (χ0) is 22.3. The number of nitrogens with zero attached hydrogens (tertiary/aromatic N) is 2. The first-order valence-electron chi connectivity index (χ1n) is 8.89. The van der Waals surface area contributed by atoms with E-state index in [9.17, 15) is 19.5 Å². The Morgan fingerprint density at radius 1 is 1.17 bits per heavy atom. The van der Waals surface area contributed by atoms with Crippen LogP contribution in [-0.4, -0.2) is 62.7 Å². The Kier molecular flexibility index (Phi) is 7.69. The van der Waals surface area contributed by atoms with Crippen LogP contribution in [0.3, 0.4) is 0 Å². The number of carboxylic acid groups (broad SMARTS) is 2. The molecule has 12 nitrogen and oxygen atoms in total. The van der Waals surface area contributed by atoms with Crippen molar-refractivity contribution in [1.82, 2.24) is 20.8 Å². The van der Waals surface area contributed by atoms with Crippen molar-refractivity contribution in [2.45, 2.75) is 38.0 Å². The second kappa shape index (κ2) is 10.2. The second-order valence-corrected chi connectivity index (χ2v) is 6.31. The van der Waals surface area contributed by atoms with Crippen LogP contribution >= 0.6 is 0 Å². The molecule has 0 aliphatic rings. The van der Waals surface area contributed by atoms with E-state index in [2.05, 4.69) is 20.8 Å². The number of rotatable bonds is 10. The fourth-order valence-electron chi connectivity index (χ4n) is 2.56. The molecule has 0 bridgehead atoms. The van der Waals surface area contributed by atoms with Crippen molar-refractivity contribution >= 4 is 18.0 Å². The van der Waals surface area contributed by atoms with Gasteiger partial charge in [-0.3, -0.25) is 4.79 Å². The number of aliphatic hydroxyl groups is 1. The van der Waals surface area contributed by atoms with E-state index in [1.807, 2.05) is 0 Å². The summed E-state index contributed by atoms with van der Waals surface area (Å²) in [6.07, 6.45) is -1.77. The van der Waals surface area contributed by atoms with Crippen LogP contribution in [0.4, 0.5) is 4.79 Å². The molecular formula is C18H22N4O8. The third kappa shape index (κ3) is 5.91. The molecule has 2 aromatic rings. The van der Waals surface area contributed by atoms with Gasteiger partial charge in [0.1, 0.15) is 11.8 Å². The number of methoxy groups -OCH3 is 1. The summed E-state index contributed by atoms with van der Waals surface area (Å²) in [5.74, 6) is -2.05. The summed E-state index contributed by atoms with van der Waals surface area (Å²) in [6.45, 7) is 1.21. The van der Waals surface area contributed by atoms with Gasteiger partial charge in [-0.25, -0.2) is 9.59 Å². The number of para-hydroxylation sites is 1. The van der Waals surface area contributed by atoms with Crippen molar-refractivity contribution in [3.63, 3.8) is 0 Å². The summed E-state index contributed by atoms with van der Waals surface area (Å²) < 4.78 is 10.8. The molecule has 1 heterocycles. The van der Waals surface area contributed by atoms with Crippen LogP contribution in [0.5, 0.6) is 5.75 Å². The molecule has 0 spiro atoms. The van der Waals surface area contributed by atoms with Gasteiger partial charge in [-0.1, -0.05) is 12.1 Å². The molecule has 0 saturated carbocycles. The van der Waals surface area contributed by atoms with Crippen molar-refractivity contribution in [3.8, 4) is 17.2 Å². The lowest BCUT2D eigenvalue weighted by Gasteiger charge is -2.20. The minimum atomic E-state index is -1.56. The van der Waals surface area contributed by atoms with Gasteiger partial charge in [-0.2, -0.15) is 0 Å². The lowest BCUT2D eigenvalue weighted by atomic mass is 10.1. The van der Waals surface area contributed by atoms with Crippen LogP contribution in [0, 0.1) is 0 Å². The number of carbonyl (C=O) groups is 3. The smallest absolute Gasteiger partial charge is 0.328 e. The van der Waals surface area contributed by atoms with Gasteiger partial charge in [0.15, 0.2) is 6.04 Å². The van der Waals surface area contributed by atoms with Crippen LogP contribution < -0.4 is 15.4 Å². The number of aliphatic carboxylic acids is 2. The van der Waals surface area contributed by atoms with Gasteiger partial charge < -0.3 is 35.1 Å². The first-order valence-corrected chi connectivity index (χ1v) is 8.89. The van der Waals surface area contributed by atoms with Gasteiger partial charge in [-0.15, -0.1) is 10.2 Å². The van der Waals surface area contributed by atoms with Crippen molar-refractivity contribution in [3.05, 3.63) is 30.2 Å². The molecule has 2 rings (SSSR count). The SMILES string of the molecule is COc1ccccc1-c1nnc([C@H](CCC(=O)O)NC(=O)N[C@H](C(=O)O)C(C)O)o1. The van der Waals surface area contributed by atoms with Crippen LogP contribution in [0.25, 0.3) is 11.5 Å². The summed E-state index contributed by atoms with van der Waals surface area (Å²) in [4.78, 5) is 34.3. The van der Waals surface area contributed by atoms with Crippen LogP contribution in [0.1, 0.15) is 31.7 Å². The van der Waals surface area contributed by atoms with E-state index in [0.29, 0.717) is 11.3 Å². The molecule has 0 aliphatic carbocycles. The first kappa shape index (κ1) is 22.6. The fourth-order valence-corrected chi connectivity index (χ4v) is 2.56. The maximum absolute atomic E-state index is 12.2. The standard InChI is InChI=1S/C18H22N4O8/c1-9(23)14(17(26)27)20-18(28)19-11(7-8-13(24)25)16-22-21-15(30-16)10-5-3-4-6-12(10)29-2/h3-6,9,11,14,23H,7-8H2,1-2H3,(H,24,25)(H,26,27)(H2,19,20,28)/t9?,11-,14-/m0/s1. The Hall–Kier alpha value is -3.67. The number of aromatic nitrogens is 2. The van der Waals surface area contributed by atoms with Gasteiger partial charge in [0, 0.05) is 6.42 Å². The van der Waals surface area contributed by atoms with Crippen molar-refractivity contribution in [1.29, 1.82) is 0 Å². The number of hydrogen-bond acceptors (Lipinski definition) is 8. The minimum Gasteiger partial charge on any atom is -0.496 e. The number of nitrogens with one attached hydrogen (secondary N) is 2. The quantitative estimate of drug-likeness (QED) is 0.366. The summed E-state index contributed by atoms with van der Waals surface area (Å²) in [7, 11) is 1.47. The number of carboxylic acids is 2. The normalized spacial score (nSPS) is 13.7. The van der Waals surface area contributed by atoms with Crippen LogP contribution in [-0.2, 0) is 9.59 Å². The largest absolute Gasteiger partial charge is 0.496 e. The average Bonchev–Trinajstić information content (AvgIpc) is 3.18.